The Morgan fingerprint density at radius 3 is 2.35 bits per heavy atom. The summed E-state index contributed by atoms with van der Waals surface area (Å²) in [6, 6.07) is 11.7. The van der Waals surface area contributed by atoms with Crippen molar-refractivity contribution in [3.05, 3.63) is 72.5 Å². The van der Waals surface area contributed by atoms with Gasteiger partial charge in [-0.2, -0.15) is 0 Å². The van der Waals surface area contributed by atoms with Gasteiger partial charge < -0.3 is 4.98 Å². The van der Waals surface area contributed by atoms with Crippen LogP contribution in [0, 0.1) is 6.92 Å². The van der Waals surface area contributed by atoms with E-state index in [0.29, 0.717) is 10.0 Å². The number of nitrogens with one attached hydrogen (secondary N) is 1. The molecule has 0 bridgehead atoms. The van der Waals surface area contributed by atoms with Gasteiger partial charge in [-0.1, -0.05) is 61.1 Å². The Labute approximate surface area is 161 Å². The van der Waals surface area contributed by atoms with Crippen LogP contribution in [0.3, 0.4) is 0 Å². The van der Waals surface area contributed by atoms with Gasteiger partial charge in [0.2, 0.25) is 0 Å². The van der Waals surface area contributed by atoms with E-state index in [9.17, 15) is 0 Å². The number of nitrogens with zero attached hydrogens (tertiary/aromatic N) is 1. The Bertz CT molecular complexity index is 855. The summed E-state index contributed by atoms with van der Waals surface area (Å²) in [6.07, 6.45) is 0.722. The number of aryl methyl sites for hydroxylation is 1. The average Bonchev–Trinajstić information content (AvgIpc) is 2.81. The van der Waals surface area contributed by atoms with Gasteiger partial charge in [-0.15, -0.1) is 0 Å². The van der Waals surface area contributed by atoms with E-state index in [-0.39, 0.29) is 0 Å². The van der Waals surface area contributed by atoms with E-state index in [0.717, 1.165) is 38.1 Å². The van der Waals surface area contributed by atoms with Crippen molar-refractivity contribution in [1.82, 2.24) is 9.97 Å². The third-order valence-corrected chi connectivity index (χ3v) is 5.08. The Kier molecular flexibility index (Phi) is 5.16. The second-order valence-corrected chi connectivity index (χ2v) is 7.89. The Balaban J connectivity index is 1.92. The summed E-state index contributed by atoms with van der Waals surface area (Å²) in [5, 5.41) is 1.08. The van der Waals surface area contributed by atoms with Crippen molar-refractivity contribution < 1.29 is 0 Å². The van der Waals surface area contributed by atoms with Crippen molar-refractivity contribution in [3.63, 3.8) is 0 Å². The molecule has 0 aliphatic rings. The maximum atomic E-state index is 6.11. The molecule has 0 spiro atoms. The van der Waals surface area contributed by atoms with Crippen LogP contribution in [-0.4, -0.2) is 9.97 Å². The summed E-state index contributed by atoms with van der Waals surface area (Å²) in [5.74, 6) is 0.911. The van der Waals surface area contributed by atoms with Gasteiger partial charge >= 0.3 is 0 Å². The van der Waals surface area contributed by atoms with Crippen LogP contribution in [0.1, 0.15) is 17.1 Å². The Hall–Kier alpha value is -0.810. The molecule has 0 atom stereocenters. The highest BCUT2D eigenvalue weighted by atomic mass is 79.9. The number of halogens is 4. The zero-order valence-electron chi connectivity index (χ0n) is 12.1. The molecule has 3 aromatic rings. The zero-order valence-corrected chi connectivity index (χ0v) is 16.8. The summed E-state index contributed by atoms with van der Waals surface area (Å²) in [4.78, 5) is 8.06. The van der Waals surface area contributed by atoms with E-state index in [1.165, 1.54) is 5.56 Å². The summed E-state index contributed by atoms with van der Waals surface area (Å²) in [5.41, 5.74) is 4.02. The van der Waals surface area contributed by atoms with Gasteiger partial charge in [0.25, 0.3) is 0 Å². The van der Waals surface area contributed by atoms with Crippen LogP contribution in [0.15, 0.2) is 45.3 Å². The number of imidazole rings is 1. The van der Waals surface area contributed by atoms with Gasteiger partial charge in [-0.05, 0) is 42.8 Å². The normalized spacial score (nSPS) is 11.0. The highest BCUT2D eigenvalue weighted by Gasteiger charge is 2.11. The SMILES string of the molecule is Cc1[nH]c(Cc2cc(Br)cc(Br)c2)nc1-c1ccc(Cl)c(Cl)c1. The number of rotatable bonds is 3. The largest absolute Gasteiger partial charge is 0.345 e. The van der Waals surface area contributed by atoms with Crippen LogP contribution in [0.5, 0.6) is 0 Å². The predicted octanol–water partition coefficient (Wildman–Crippen LogP) is 6.81. The van der Waals surface area contributed by atoms with Gasteiger partial charge in [0.1, 0.15) is 5.82 Å². The molecule has 0 aliphatic heterocycles. The molecule has 0 unspecified atom stereocenters. The van der Waals surface area contributed by atoms with E-state index in [1.54, 1.807) is 6.07 Å². The van der Waals surface area contributed by atoms with E-state index < -0.39 is 0 Å². The standard InChI is InChI=1S/C17H12Br2Cl2N2/c1-9-17(11-2-3-14(20)15(21)7-11)23-16(22-9)6-10-4-12(18)8-13(19)5-10/h2-5,7-8H,6H2,1H3,(H,22,23). The summed E-state index contributed by atoms with van der Waals surface area (Å²) in [6.45, 7) is 2.01. The van der Waals surface area contributed by atoms with E-state index >= 15 is 0 Å². The fourth-order valence-corrected chi connectivity index (χ4v) is 4.12. The van der Waals surface area contributed by atoms with Crippen LogP contribution in [0.4, 0.5) is 0 Å². The number of H-pyrrole nitrogens is 1. The molecule has 6 heteroatoms. The zero-order chi connectivity index (χ0) is 16.6. The van der Waals surface area contributed by atoms with Crippen LogP contribution < -0.4 is 0 Å². The third kappa shape index (κ3) is 4.00. The lowest BCUT2D eigenvalue weighted by Crippen LogP contribution is -1.91. The smallest absolute Gasteiger partial charge is 0.111 e. The van der Waals surface area contributed by atoms with Gasteiger partial charge in [0, 0.05) is 26.6 Å². The quantitative estimate of drug-likeness (QED) is 0.444. The highest BCUT2D eigenvalue weighted by Crippen LogP contribution is 2.30. The van der Waals surface area contributed by atoms with E-state index in [1.807, 2.05) is 25.1 Å². The molecule has 0 aliphatic carbocycles. The molecule has 23 heavy (non-hydrogen) atoms. The van der Waals surface area contributed by atoms with Crippen molar-refractivity contribution in [2.24, 2.45) is 0 Å². The molecule has 0 amide bonds. The molecule has 3 rings (SSSR count). The highest BCUT2D eigenvalue weighted by molar-refractivity contribution is 9.11. The number of aromatic amines is 1. The van der Waals surface area contributed by atoms with Crippen LogP contribution in [-0.2, 0) is 6.42 Å². The minimum Gasteiger partial charge on any atom is -0.345 e. The molecule has 118 valence electrons. The molecular weight excluding hydrogens is 463 g/mol. The van der Waals surface area contributed by atoms with Gasteiger partial charge in [0.15, 0.2) is 0 Å². The van der Waals surface area contributed by atoms with Gasteiger partial charge in [-0.25, -0.2) is 4.98 Å². The van der Waals surface area contributed by atoms with Crippen molar-refractivity contribution in [1.29, 1.82) is 0 Å². The number of hydrogen-bond acceptors (Lipinski definition) is 1. The molecule has 1 aromatic heterocycles. The van der Waals surface area contributed by atoms with E-state index in [2.05, 4.69) is 49.0 Å². The number of hydrogen-bond donors (Lipinski definition) is 1. The fraction of sp³-hybridized carbons (Fsp3) is 0.118. The van der Waals surface area contributed by atoms with Crippen LogP contribution >= 0.6 is 55.1 Å². The first-order valence-electron chi connectivity index (χ1n) is 6.88. The molecular formula is C17H12Br2Cl2N2. The molecule has 2 nitrogen and oxygen atoms in total. The lowest BCUT2D eigenvalue weighted by atomic mass is 10.1. The molecule has 1 heterocycles. The van der Waals surface area contributed by atoms with Crippen LogP contribution in [0.25, 0.3) is 11.3 Å². The van der Waals surface area contributed by atoms with Gasteiger partial charge in [-0.3, -0.25) is 0 Å². The van der Waals surface area contributed by atoms with Crippen molar-refractivity contribution >= 4 is 55.1 Å². The number of aromatic nitrogens is 2. The van der Waals surface area contributed by atoms with Crippen molar-refractivity contribution in [2.45, 2.75) is 13.3 Å². The first kappa shape index (κ1) is 17.0. The molecule has 0 saturated carbocycles. The summed E-state index contributed by atoms with van der Waals surface area (Å²) in [7, 11) is 0. The monoisotopic (exact) mass is 472 g/mol. The third-order valence-electron chi connectivity index (χ3n) is 3.42. The van der Waals surface area contributed by atoms with Gasteiger partial charge in [0.05, 0.1) is 15.7 Å². The lowest BCUT2D eigenvalue weighted by Gasteiger charge is -2.02. The molecule has 0 radical (unpaired) electrons. The van der Waals surface area contributed by atoms with E-state index in [4.69, 9.17) is 28.2 Å². The molecule has 0 saturated heterocycles. The average molecular weight is 475 g/mol. The van der Waals surface area contributed by atoms with Crippen molar-refractivity contribution in [3.8, 4) is 11.3 Å². The summed E-state index contributed by atoms with van der Waals surface area (Å²) < 4.78 is 2.07. The maximum Gasteiger partial charge on any atom is 0.111 e. The minimum atomic E-state index is 0.532. The summed E-state index contributed by atoms with van der Waals surface area (Å²) >= 11 is 19.1. The Morgan fingerprint density at radius 1 is 1.00 bits per heavy atom. The fourth-order valence-electron chi connectivity index (χ4n) is 2.44. The minimum absolute atomic E-state index is 0.532. The Morgan fingerprint density at radius 2 is 1.70 bits per heavy atom. The first-order valence-corrected chi connectivity index (χ1v) is 9.22. The van der Waals surface area contributed by atoms with Crippen molar-refractivity contribution in [2.75, 3.05) is 0 Å². The lowest BCUT2D eigenvalue weighted by molar-refractivity contribution is 1.01. The first-order chi connectivity index (χ1) is 10.9. The maximum absolute atomic E-state index is 6.11. The van der Waals surface area contributed by atoms with Crippen LogP contribution in [0.2, 0.25) is 10.0 Å². The number of benzene rings is 2. The molecule has 2 aromatic carbocycles. The molecule has 0 fully saturated rings. The topological polar surface area (TPSA) is 28.7 Å². The second kappa shape index (κ2) is 6.98. The predicted molar refractivity (Wildman–Crippen MR) is 103 cm³/mol. The second-order valence-electron chi connectivity index (χ2n) is 5.24. The molecule has 1 N–H and O–H groups in total.